The highest BCUT2D eigenvalue weighted by Gasteiger charge is 2.23. The summed E-state index contributed by atoms with van der Waals surface area (Å²) in [5.41, 5.74) is 2.90. The second-order valence-electron chi connectivity index (χ2n) is 10.6. The topological polar surface area (TPSA) is 157 Å². The third-order valence-electron chi connectivity index (χ3n) is 7.15. The van der Waals surface area contributed by atoms with Crippen LogP contribution in [0.15, 0.2) is 82.6 Å². The zero-order valence-electron chi connectivity index (χ0n) is 24.7. The first-order chi connectivity index (χ1) is 20.5. The third kappa shape index (κ3) is 8.25. The Morgan fingerprint density at radius 2 is 1.66 bits per heavy atom. The maximum Gasteiger partial charge on any atom is 0.330 e. The van der Waals surface area contributed by atoms with Crippen LogP contribution in [0.3, 0.4) is 0 Å². The molecule has 12 heteroatoms. The molecule has 1 heterocycles. The van der Waals surface area contributed by atoms with Gasteiger partial charge in [-0.1, -0.05) is 30.3 Å². The van der Waals surface area contributed by atoms with Crippen molar-refractivity contribution in [2.45, 2.75) is 55.8 Å². The third-order valence-corrected chi connectivity index (χ3v) is 9.41. The van der Waals surface area contributed by atoms with Crippen LogP contribution in [-0.4, -0.2) is 42.7 Å². The Hall–Kier alpha value is -4.19. The molecular formula is C32H37ClN4O6S. The zero-order valence-corrected chi connectivity index (χ0v) is 26.3. The molecule has 5 N–H and O–H groups in total. The number of amides is 1. The van der Waals surface area contributed by atoms with Gasteiger partial charge in [-0.05, 0) is 92.2 Å². The van der Waals surface area contributed by atoms with E-state index >= 15 is 0 Å². The van der Waals surface area contributed by atoms with E-state index in [1.165, 1.54) is 6.07 Å². The normalized spacial score (nSPS) is 12.0. The second-order valence-corrected chi connectivity index (χ2v) is 13.1. The number of benzene rings is 3. The van der Waals surface area contributed by atoms with E-state index in [0.717, 1.165) is 10.9 Å². The number of carboxylic acids is 1. The summed E-state index contributed by atoms with van der Waals surface area (Å²) in [4.78, 5) is 39.7. The number of pyridine rings is 1. The first-order valence-corrected chi connectivity index (χ1v) is 15.5. The van der Waals surface area contributed by atoms with E-state index in [9.17, 15) is 27.9 Å². The fourth-order valence-corrected chi connectivity index (χ4v) is 6.06. The minimum Gasteiger partial charge on any atom is -0.479 e. The highest BCUT2D eigenvalue weighted by atomic mass is 35.5. The van der Waals surface area contributed by atoms with Gasteiger partial charge in [0.1, 0.15) is 0 Å². The number of carbonyl (C=O) groups is 2. The van der Waals surface area contributed by atoms with Crippen LogP contribution in [0.1, 0.15) is 49.4 Å². The van der Waals surface area contributed by atoms with Crippen molar-refractivity contribution in [2.24, 2.45) is 0 Å². The van der Waals surface area contributed by atoms with Crippen LogP contribution in [0.4, 0.5) is 11.4 Å². The molecule has 44 heavy (non-hydrogen) atoms. The van der Waals surface area contributed by atoms with E-state index in [0.29, 0.717) is 47.3 Å². The smallest absolute Gasteiger partial charge is 0.330 e. The first-order valence-electron chi connectivity index (χ1n) is 14.0. The number of nitrogens with one attached hydrogen (secondary N) is 4. The highest BCUT2D eigenvalue weighted by molar-refractivity contribution is 7.92. The van der Waals surface area contributed by atoms with Crippen LogP contribution >= 0.6 is 12.4 Å². The number of carboxylic acid groups (broad SMARTS) is 1. The Morgan fingerprint density at radius 3 is 2.32 bits per heavy atom. The number of aryl methyl sites for hydroxylation is 1. The number of hydrogen-bond acceptors (Lipinski definition) is 7. The molecule has 0 radical (unpaired) electrons. The lowest BCUT2D eigenvalue weighted by atomic mass is 10.0. The molecule has 1 unspecified atom stereocenters. The Morgan fingerprint density at radius 1 is 0.955 bits per heavy atom. The Kier molecular flexibility index (Phi) is 11.7. The Balaban J connectivity index is 0.00000529. The number of carbonyl (C=O) groups excluding carboxylic acids is 1. The largest absolute Gasteiger partial charge is 0.479 e. The van der Waals surface area contributed by atoms with Gasteiger partial charge in [0.2, 0.25) is 5.91 Å². The number of sulfone groups is 1. The lowest BCUT2D eigenvalue weighted by molar-refractivity contribution is -0.138. The average Bonchev–Trinajstić information content (AvgIpc) is 2.97. The van der Waals surface area contributed by atoms with Gasteiger partial charge in [0.25, 0.3) is 5.56 Å². The summed E-state index contributed by atoms with van der Waals surface area (Å²) in [7, 11) is -1.73. The molecule has 4 aromatic rings. The van der Waals surface area contributed by atoms with Crippen LogP contribution < -0.4 is 21.5 Å². The van der Waals surface area contributed by atoms with Crippen molar-refractivity contribution in [3.8, 4) is 0 Å². The summed E-state index contributed by atoms with van der Waals surface area (Å²) in [6, 6.07) is 17.9. The van der Waals surface area contributed by atoms with Gasteiger partial charge in [-0.15, -0.1) is 12.4 Å². The molecule has 3 aromatic carbocycles. The maximum absolute atomic E-state index is 12.7. The number of anilines is 2. The van der Waals surface area contributed by atoms with E-state index in [4.69, 9.17) is 0 Å². The van der Waals surface area contributed by atoms with Crippen LogP contribution in [0.25, 0.3) is 10.8 Å². The lowest BCUT2D eigenvalue weighted by Crippen LogP contribution is -2.20. The Labute approximate surface area is 262 Å². The predicted octanol–water partition coefficient (Wildman–Crippen LogP) is 5.05. The maximum atomic E-state index is 12.7. The summed E-state index contributed by atoms with van der Waals surface area (Å²) in [6.45, 7) is 3.63. The molecule has 1 atom stereocenters. The van der Waals surface area contributed by atoms with Gasteiger partial charge in [0, 0.05) is 35.9 Å². The molecule has 0 aliphatic carbocycles. The van der Waals surface area contributed by atoms with Gasteiger partial charge in [-0.2, -0.15) is 0 Å². The Bertz CT molecular complexity index is 1790. The quantitative estimate of drug-likeness (QED) is 0.136. The van der Waals surface area contributed by atoms with Gasteiger partial charge in [0.05, 0.1) is 10.1 Å². The molecule has 0 saturated carbocycles. The van der Waals surface area contributed by atoms with Crippen molar-refractivity contribution in [1.82, 2.24) is 10.3 Å². The summed E-state index contributed by atoms with van der Waals surface area (Å²) in [5, 5.41) is 19.4. The zero-order chi connectivity index (χ0) is 31.1. The number of hydrogen-bond donors (Lipinski definition) is 5. The first kappa shape index (κ1) is 34.3. The molecule has 1 amide bonds. The van der Waals surface area contributed by atoms with Gasteiger partial charge >= 0.3 is 5.97 Å². The van der Waals surface area contributed by atoms with Crippen molar-refractivity contribution in [2.75, 3.05) is 17.7 Å². The van der Waals surface area contributed by atoms with E-state index in [-0.39, 0.29) is 35.2 Å². The van der Waals surface area contributed by atoms with E-state index in [1.807, 2.05) is 12.1 Å². The van der Waals surface area contributed by atoms with E-state index < -0.39 is 27.1 Å². The number of halogens is 1. The summed E-state index contributed by atoms with van der Waals surface area (Å²) < 4.78 is 25.4. The molecule has 10 nitrogen and oxygen atoms in total. The molecular weight excluding hydrogens is 604 g/mol. The van der Waals surface area contributed by atoms with E-state index in [2.05, 4.69) is 20.9 Å². The van der Waals surface area contributed by atoms with Gasteiger partial charge < -0.3 is 26.0 Å². The monoisotopic (exact) mass is 640 g/mol. The van der Waals surface area contributed by atoms with Crippen LogP contribution in [0.5, 0.6) is 0 Å². The molecule has 1 aromatic heterocycles. The molecule has 4 rings (SSSR count). The average molecular weight is 641 g/mol. The molecule has 0 saturated heterocycles. The molecule has 234 valence electrons. The van der Waals surface area contributed by atoms with Crippen molar-refractivity contribution in [3.05, 3.63) is 100.0 Å². The number of H-pyrrole nitrogens is 1. The number of fused-ring (bicyclic) bond motifs is 1. The summed E-state index contributed by atoms with van der Waals surface area (Å²) in [5.74, 6) is -1.24. The van der Waals surface area contributed by atoms with E-state index in [1.54, 1.807) is 75.6 Å². The number of rotatable bonds is 13. The van der Waals surface area contributed by atoms with Gasteiger partial charge in [-0.3, -0.25) is 9.59 Å². The predicted molar refractivity (Wildman–Crippen MR) is 175 cm³/mol. The van der Waals surface area contributed by atoms with Crippen molar-refractivity contribution < 1.29 is 23.1 Å². The standard InChI is InChI=1S/C32H36N4O6S.ClH/c1-20(2)43(41,42)28-14-13-25(17-24(28)19-33-3)35-29(37)6-4-5-21-7-9-23(10-8-21)30(32(39)40)36-26-12-11-22-15-16-34-31(38)27(22)18-26;/h7-18,20,30,33,36H,4-6,19H2,1-3H3,(H,34,38)(H,35,37)(H,39,40);1H. The minimum absolute atomic E-state index is 0. The van der Waals surface area contributed by atoms with Crippen LogP contribution in [0.2, 0.25) is 0 Å². The SMILES string of the molecule is CNCc1cc(NC(=O)CCCc2ccc(C(Nc3ccc4cc[nH]c(=O)c4c3)C(=O)O)cc2)ccc1S(=O)(=O)C(C)C.Cl. The fraction of sp³-hybridized carbons (Fsp3) is 0.281. The fourth-order valence-electron chi connectivity index (χ4n) is 4.80. The highest BCUT2D eigenvalue weighted by Crippen LogP contribution is 2.25. The number of aromatic amines is 1. The number of aliphatic carboxylic acids is 1. The second kappa shape index (κ2) is 15.0. The summed E-state index contributed by atoms with van der Waals surface area (Å²) >= 11 is 0. The van der Waals surface area contributed by atoms with Crippen LogP contribution in [-0.2, 0) is 32.4 Å². The minimum atomic E-state index is -3.46. The molecule has 0 spiro atoms. The van der Waals surface area contributed by atoms with Crippen LogP contribution in [0, 0.1) is 0 Å². The molecule has 0 fully saturated rings. The van der Waals surface area contributed by atoms with Gasteiger partial charge in [0.15, 0.2) is 15.9 Å². The lowest BCUT2D eigenvalue weighted by Gasteiger charge is -2.17. The molecule has 0 aliphatic rings. The van der Waals surface area contributed by atoms with Crippen molar-refractivity contribution in [1.29, 1.82) is 0 Å². The van der Waals surface area contributed by atoms with Gasteiger partial charge in [-0.25, -0.2) is 13.2 Å². The number of aromatic nitrogens is 1. The van der Waals surface area contributed by atoms with Crippen molar-refractivity contribution in [3.63, 3.8) is 0 Å². The molecule has 0 aliphatic heterocycles. The molecule has 0 bridgehead atoms. The summed E-state index contributed by atoms with van der Waals surface area (Å²) in [6.07, 6.45) is 3.01. The van der Waals surface area contributed by atoms with Crippen molar-refractivity contribution >= 4 is 56.3 Å².